The molecule has 0 spiro atoms. The van der Waals surface area contributed by atoms with E-state index in [1.165, 1.54) is 12.1 Å². The standard InChI is InChI=1S/C24H28FN3O5/c1-3-31-20-11-15(12-21(22(20)25)32-4-2)14-28(17-7-9-26-10-8-17)24-27-18-6-5-16(23(29)30)13-19(18)33-24/h5-6,11-13,17,26H,3-4,7-10,14H2,1-2H3,(H,29,30). The molecule has 0 amide bonds. The molecule has 33 heavy (non-hydrogen) atoms. The molecular formula is C24H28FN3O5. The van der Waals surface area contributed by atoms with Gasteiger partial charge in [-0.15, -0.1) is 0 Å². The van der Waals surface area contributed by atoms with Gasteiger partial charge in [-0.25, -0.2) is 4.79 Å². The molecule has 176 valence electrons. The Bertz CT molecular complexity index is 1100. The van der Waals surface area contributed by atoms with Crippen molar-refractivity contribution in [2.45, 2.75) is 39.3 Å². The molecule has 0 radical (unpaired) electrons. The number of oxazole rings is 1. The number of nitrogens with zero attached hydrogens (tertiary/aromatic N) is 2. The van der Waals surface area contributed by atoms with Gasteiger partial charge in [-0.3, -0.25) is 0 Å². The van der Waals surface area contributed by atoms with E-state index < -0.39 is 11.8 Å². The van der Waals surface area contributed by atoms with Crippen molar-refractivity contribution in [2.75, 3.05) is 31.2 Å². The van der Waals surface area contributed by atoms with E-state index in [0.717, 1.165) is 31.5 Å². The molecule has 9 heteroatoms. The third-order valence-electron chi connectivity index (χ3n) is 5.64. The number of nitrogens with one attached hydrogen (secondary N) is 1. The summed E-state index contributed by atoms with van der Waals surface area (Å²) in [6.45, 7) is 6.41. The predicted molar refractivity (Wildman–Crippen MR) is 122 cm³/mol. The number of fused-ring (bicyclic) bond motifs is 1. The number of carboxylic acid groups (broad SMARTS) is 1. The summed E-state index contributed by atoms with van der Waals surface area (Å²) >= 11 is 0. The average Bonchev–Trinajstić information content (AvgIpc) is 3.24. The van der Waals surface area contributed by atoms with Crippen LogP contribution in [0.15, 0.2) is 34.7 Å². The van der Waals surface area contributed by atoms with E-state index in [1.54, 1.807) is 32.0 Å². The number of rotatable bonds is 9. The van der Waals surface area contributed by atoms with Crippen molar-refractivity contribution in [1.29, 1.82) is 0 Å². The molecule has 0 saturated carbocycles. The number of benzene rings is 2. The van der Waals surface area contributed by atoms with Gasteiger partial charge in [0.15, 0.2) is 17.1 Å². The molecule has 1 aromatic heterocycles. The highest BCUT2D eigenvalue weighted by Gasteiger charge is 2.27. The molecule has 0 atom stereocenters. The van der Waals surface area contributed by atoms with Gasteiger partial charge in [0, 0.05) is 12.6 Å². The average molecular weight is 458 g/mol. The van der Waals surface area contributed by atoms with Crippen LogP contribution in [0.4, 0.5) is 10.4 Å². The van der Waals surface area contributed by atoms with Gasteiger partial charge in [0.1, 0.15) is 5.52 Å². The summed E-state index contributed by atoms with van der Waals surface area (Å²) in [7, 11) is 0. The van der Waals surface area contributed by atoms with Crippen molar-refractivity contribution in [3.8, 4) is 11.5 Å². The van der Waals surface area contributed by atoms with Crippen LogP contribution in [0.3, 0.4) is 0 Å². The van der Waals surface area contributed by atoms with Crippen LogP contribution < -0.4 is 19.7 Å². The molecule has 8 nitrogen and oxygen atoms in total. The smallest absolute Gasteiger partial charge is 0.335 e. The number of aromatic nitrogens is 1. The van der Waals surface area contributed by atoms with Crippen molar-refractivity contribution in [1.82, 2.24) is 10.3 Å². The van der Waals surface area contributed by atoms with Crippen LogP contribution in [-0.2, 0) is 6.54 Å². The number of ether oxygens (including phenoxy) is 2. The van der Waals surface area contributed by atoms with Gasteiger partial charge in [0.2, 0.25) is 5.82 Å². The maximum atomic E-state index is 14.7. The first-order chi connectivity index (χ1) is 16.0. The summed E-state index contributed by atoms with van der Waals surface area (Å²) < 4.78 is 31.8. The van der Waals surface area contributed by atoms with E-state index in [0.29, 0.717) is 36.9 Å². The lowest BCUT2D eigenvalue weighted by atomic mass is 10.0. The fourth-order valence-electron chi connectivity index (χ4n) is 4.08. The number of hydrogen-bond acceptors (Lipinski definition) is 7. The van der Waals surface area contributed by atoms with Crippen LogP contribution in [0.25, 0.3) is 11.1 Å². The summed E-state index contributed by atoms with van der Waals surface area (Å²) in [6, 6.07) is 8.54. The van der Waals surface area contributed by atoms with Gasteiger partial charge in [0.25, 0.3) is 6.01 Å². The monoisotopic (exact) mass is 457 g/mol. The number of halogens is 1. The first-order valence-electron chi connectivity index (χ1n) is 11.2. The minimum absolute atomic E-state index is 0.139. The first-order valence-corrected chi connectivity index (χ1v) is 11.2. The fraction of sp³-hybridized carbons (Fsp3) is 0.417. The minimum atomic E-state index is -1.02. The summed E-state index contributed by atoms with van der Waals surface area (Å²) in [6.07, 6.45) is 1.77. The zero-order valence-electron chi connectivity index (χ0n) is 18.8. The summed E-state index contributed by atoms with van der Waals surface area (Å²) in [5.74, 6) is -1.25. The zero-order chi connectivity index (χ0) is 23.4. The Morgan fingerprint density at radius 2 is 1.85 bits per heavy atom. The SMILES string of the molecule is CCOc1cc(CN(c2nc3ccc(C(=O)O)cc3o2)C2CCNCC2)cc(OCC)c1F. The predicted octanol–water partition coefficient (Wildman–Crippen LogP) is 4.22. The summed E-state index contributed by atoms with van der Waals surface area (Å²) in [5.41, 5.74) is 1.93. The molecule has 1 aliphatic heterocycles. The molecule has 2 aromatic carbocycles. The molecule has 2 N–H and O–H groups in total. The molecule has 1 fully saturated rings. The molecule has 4 rings (SSSR count). The minimum Gasteiger partial charge on any atom is -0.491 e. The summed E-state index contributed by atoms with van der Waals surface area (Å²) in [4.78, 5) is 18.0. The van der Waals surface area contributed by atoms with E-state index in [-0.39, 0.29) is 23.1 Å². The zero-order valence-corrected chi connectivity index (χ0v) is 18.8. The van der Waals surface area contributed by atoms with Crippen molar-refractivity contribution < 1.29 is 28.2 Å². The topological polar surface area (TPSA) is 97.1 Å². The van der Waals surface area contributed by atoms with E-state index in [2.05, 4.69) is 15.2 Å². The highest BCUT2D eigenvalue weighted by molar-refractivity contribution is 5.92. The third-order valence-corrected chi connectivity index (χ3v) is 5.64. The maximum absolute atomic E-state index is 14.7. The van der Waals surface area contributed by atoms with Crippen LogP contribution in [0, 0.1) is 5.82 Å². The van der Waals surface area contributed by atoms with Crippen molar-refractivity contribution >= 4 is 23.1 Å². The molecule has 0 bridgehead atoms. The Hall–Kier alpha value is -3.33. The van der Waals surface area contributed by atoms with Crippen LogP contribution in [0.2, 0.25) is 0 Å². The Balaban J connectivity index is 1.72. The van der Waals surface area contributed by atoms with Gasteiger partial charge >= 0.3 is 5.97 Å². The molecule has 1 saturated heterocycles. The molecule has 1 aliphatic rings. The van der Waals surface area contributed by atoms with Crippen LogP contribution in [0.1, 0.15) is 42.6 Å². The fourth-order valence-corrected chi connectivity index (χ4v) is 4.08. The number of aromatic carboxylic acids is 1. The third kappa shape index (κ3) is 5.03. The molecule has 0 unspecified atom stereocenters. The van der Waals surface area contributed by atoms with Crippen LogP contribution >= 0.6 is 0 Å². The number of hydrogen-bond donors (Lipinski definition) is 2. The largest absolute Gasteiger partial charge is 0.491 e. The number of carbonyl (C=O) groups is 1. The van der Waals surface area contributed by atoms with Gasteiger partial charge in [-0.1, -0.05) is 0 Å². The van der Waals surface area contributed by atoms with E-state index in [4.69, 9.17) is 13.9 Å². The highest BCUT2D eigenvalue weighted by atomic mass is 19.1. The van der Waals surface area contributed by atoms with Gasteiger partial charge in [-0.2, -0.15) is 9.37 Å². The van der Waals surface area contributed by atoms with Crippen molar-refractivity contribution in [3.05, 3.63) is 47.3 Å². The van der Waals surface area contributed by atoms with Crippen molar-refractivity contribution in [2.24, 2.45) is 0 Å². The van der Waals surface area contributed by atoms with Crippen molar-refractivity contribution in [3.63, 3.8) is 0 Å². The first kappa shape index (κ1) is 22.8. The lowest BCUT2D eigenvalue weighted by molar-refractivity contribution is 0.0697. The lowest BCUT2D eigenvalue weighted by Gasteiger charge is -2.33. The number of anilines is 1. The lowest BCUT2D eigenvalue weighted by Crippen LogP contribution is -2.43. The van der Waals surface area contributed by atoms with Crippen LogP contribution in [-0.4, -0.2) is 48.4 Å². The van der Waals surface area contributed by atoms with Crippen LogP contribution in [0.5, 0.6) is 11.5 Å². The molecule has 3 aromatic rings. The Labute approximate surface area is 191 Å². The molecular weight excluding hydrogens is 429 g/mol. The molecule has 0 aliphatic carbocycles. The Morgan fingerprint density at radius 3 is 2.45 bits per heavy atom. The summed E-state index contributed by atoms with van der Waals surface area (Å²) in [5, 5.41) is 12.6. The van der Waals surface area contributed by atoms with Gasteiger partial charge < -0.3 is 29.2 Å². The Morgan fingerprint density at radius 1 is 1.18 bits per heavy atom. The number of carboxylic acids is 1. The van der Waals surface area contributed by atoms with E-state index in [1.807, 2.05) is 0 Å². The second-order valence-corrected chi connectivity index (χ2v) is 7.87. The Kier molecular flexibility index (Phi) is 6.98. The van der Waals surface area contributed by atoms with Gasteiger partial charge in [0.05, 0.1) is 18.8 Å². The highest BCUT2D eigenvalue weighted by Crippen LogP contribution is 2.33. The molecule has 2 heterocycles. The normalized spacial score (nSPS) is 14.4. The quantitative estimate of drug-likeness (QED) is 0.493. The van der Waals surface area contributed by atoms with Gasteiger partial charge in [-0.05, 0) is 75.7 Å². The maximum Gasteiger partial charge on any atom is 0.335 e. The second kappa shape index (κ2) is 10.1. The number of piperidine rings is 1. The second-order valence-electron chi connectivity index (χ2n) is 7.87. The van der Waals surface area contributed by atoms with E-state index >= 15 is 0 Å². The van der Waals surface area contributed by atoms with E-state index in [9.17, 15) is 14.3 Å².